The minimum absolute atomic E-state index is 0.0220. The number of allylic oxidation sites excluding steroid dienone is 3. The monoisotopic (exact) mass is 681 g/mol. The molecule has 0 saturated carbocycles. The van der Waals surface area contributed by atoms with Crippen LogP contribution in [-0.4, -0.2) is 5.78 Å². The van der Waals surface area contributed by atoms with Crippen molar-refractivity contribution in [3.05, 3.63) is 114 Å². The first kappa shape index (κ1) is 29.2. The van der Waals surface area contributed by atoms with Crippen LogP contribution in [0.1, 0.15) is 54.9 Å². The van der Waals surface area contributed by atoms with Crippen molar-refractivity contribution in [1.29, 1.82) is 5.26 Å². The number of ether oxygens (including phenoxy) is 1. The van der Waals surface area contributed by atoms with Gasteiger partial charge in [-0.05, 0) is 107 Å². The maximum absolute atomic E-state index is 14.0. The summed E-state index contributed by atoms with van der Waals surface area (Å²) in [5.41, 5.74) is 12.8. The Morgan fingerprint density at radius 1 is 1.15 bits per heavy atom. The van der Waals surface area contributed by atoms with E-state index in [4.69, 9.17) is 22.1 Å². The first-order chi connectivity index (χ1) is 19.4. The third-order valence-corrected chi connectivity index (χ3v) is 8.77. The zero-order valence-electron chi connectivity index (χ0n) is 23.3. The van der Waals surface area contributed by atoms with E-state index in [2.05, 4.69) is 42.5 Å². The molecule has 210 valence electrons. The molecule has 3 aromatic carbocycles. The zero-order chi connectivity index (χ0) is 29.6. The maximum Gasteiger partial charge on any atom is 0.162 e. The van der Waals surface area contributed by atoms with Crippen molar-refractivity contribution in [2.24, 2.45) is 11.1 Å². The van der Waals surface area contributed by atoms with Crippen molar-refractivity contribution >= 4 is 45.7 Å². The molecule has 0 aromatic heterocycles. The summed E-state index contributed by atoms with van der Waals surface area (Å²) in [5, 5.41) is 10.7. The number of halogens is 3. The number of carbonyl (C=O) groups is 1. The highest BCUT2D eigenvalue weighted by Gasteiger charge is 2.45. The Morgan fingerprint density at radius 2 is 1.85 bits per heavy atom. The van der Waals surface area contributed by atoms with Crippen molar-refractivity contribution in [2.75, 3.05) is 4.90 Å². The van der Waals surface area contributed by atoms with Gasteiger partial charge in [0.05, 0.1) is 22.6 Å². The summed E-state index contributed by atoms with van der Waals surface area (Å²) < 4.78 is 20.6. The Morgan fingerprint density at radius 3 is 2.51 bits per heavy atom. The Kier molecular flexibility index (Phi) is 7.92. The van der Waals surface area contributed by atoms with Crippen LogP contribution in [0.15, 0.2) is 77.3 Å². The molecule has 5 rings (SSSR count). The minimum atomic E-state index is -0.605. The molecule has 41 heavy (non-hydrogen) atoms. The van der Waals surface area contributed by atoms with Crippen LogP contribution in [0.3, 0.4) is 0 Å². The van der Waals surface area contributed by atoms with Crippen molar-refractivity contribution in [2.45, 2.75) is 53.1 Å². The van der Waals surface area contributed by atoms with Gasteiger partial charge in [0.15, 0.2) is 5.78 Å². The lowest BCUT2D eigenvalue weighted by molar-refractivity contribution is -0.118. The molecule has 1 aliphatic carbocycles. The fraction of sp³-hybridized carbons (Fsp3) is 0.273. The van der Waals surface area contributed by atoms with Gasteiger partial charge >= 0.3 is 0 Å². The Balaban J connectivity index is 1.66. The largest absolute Gasteiger partial charge is 0.487 e. The normalized spacial score (nSPS) is 18.3. The molecule has 1 heterocycles. The summed E-state index contributed by atoms with van der Waals surface area (Å²) in [7, 11) is 0. The van der Waals surface area contributed by atoms with Crippen molar-refractivity contribution in [1.82, 2.24) is 0 Å². The zero-order valence-corrected chi connectivity index (χ0v) is 26.2. The number of rotatable bonds is 5. The van der Waals surface area contributed by atoms with Crippen molar-refractivity contribution in [3.8, 4) is 11.8 Å². The van der Waals surface area contributed by atoms with Gasteiger partial charge in [0.25, 0.3) is 0 Å². The van der Waals surface area contributed by atoms with Crippen LogP contribution >= 0.6 is 34.2 Å². The maximum atomic E-state index is 14.0. The summed E-state index contributed by atoms with van der Waals surface area (Å²) in [6.07, 6.45) is 1.02. The van der Waals surface area contributed by atoms with Gasteiger partial charge in [0, 0.05) is 26.9 Å². The summed E-state index contributed by atoms with van der Waals surface area (Å²) in [6.45, 7) is 8.29. The van der Waals surface area contributed by atoms with E-state index in [1.807, 2.05) is 55.1 Å². The quantitative estimate of drug-likeness (QED) is 0.275. The number of nitrogens with zero attached hydrogens (tertiary/aromatic N) is 2. The molecule has 5 nitrogen and oxygen atoms in total. The Bertz CT molecular complexity index is 1670. The minimum Gasteiger partial charge on any atom is -0.487 e. The van der Waals surface area contributed by atoms with Gasteiger partial charge in [0.1, 0.15) is 24.0 Å². The number of hydrogen-bond acceptors (Lipinski definition) is 5. The molecule has 0 bridgehead atoms. The molecule has 0 fully saturated rings. The SMILES string of the molecule is Cc1cc(COc2ccc(F)cc2Cl)c(C)c(C2C(C#N)=C(N)N(c3ccc(I)cc3)C3=C2C(=O)CC(C)(C)C3)c1. The molecule has 0 saturated heterocycles. The van der Waals surface area contributed by atoms with Crippen LogP contribution in [-0.2, 0) is 11.4 Å². The predicted molar refractivity (Wildman–Crippen MR) is 168 cm³/mol. The van der Waals surface area contributed by atoms with Gasteiger partial charge in [-0.15, -0.1) is 0 Å². The molecule has 1 unspecified atom stereocenters. The molecule has 3 aromatic rings. The molecule has 1 atom stereocenters. The second-order valence-corrected chi connectivity index (χ2v) is 13.1. The number of hydrogen-bond donors (Lipinski definition) is 1. The van der Waals surface area contributed by atoms with Crippen LogP contribution < -0.4 is 15.4 Å². The average molecular weight is 682 g/mol. The number of nitrogens with two attached hydrogens (primary N) is 1. The van der Waals surface area contributed by atoms with E-state index < -0.39 is 11.7 Å². The van der Waals surface area contributed by atoms with E-state index >= 15 is 0 Å². The summed E-state index contributed by atoms with van der Waals surface area (Å²) in [5.74, 6) is -0.316. The number of aryl methyl sites for hydroxylation is 1. The standard InChI is InChI=1S/C33H30ClFIN3O2/c1-18-11-20(17-41-29-10-5-21(35)13-26(29)34)19(2)24(12-18)30-25(16-37)32(38)39(23-8-6-22(36)7-9-23)27-14-33(3,4)15-28(40)31(27)30/h5-13,30H,14-15,17,38H2,1-4H3. The van der Waals surface area contributed by atoms with E-state index in [0.29, 0.717) is 35.6 Å². The predicted octanol–water partition coefficient (Wildman–Crippen LogP) is 8.22. The topological polar surface area (TPSA) is 79.3 Å². The van der Waals surface area contributed by atoms with E-state index in [-0.39, 0.29) is 22.8 Å². The molecule has 2 aliphatic rings. The first-order valence-electron chi connectivity index (χ1n) is 13.3. The van der Waals surface area contributed by atoms with Gasteiger partial charge in [-0.3, -0.25) is 9.69 Å². The number of anilines is 1. The fourth-order valence-electron chi connectivity index (χ4n) is 5.87. The Hall–Kier alpha value is -3.35. The highest BCUT2D eigenvalue weighted by molar-refractivity contribution is 14.1. The number of benzene rings is 3. The van der Waals surface area contributed by atoms with Crippen molar-refractivity contribution in [3.63, 3.8) is 0 Å². The fourth-order valence-corrected chi connectivity index (χ4v) is 6.45. The van der Waals surface area contributed by atoms with Crippen LogP contribution in [0.4, 0.5) is 10.1 Å². The third-order valence-electron chi connectivity index (χ3n) is 7.75. The summed E-state index contributed by atoms with van der Waals surface area (Å²) in [6, 6.07) is 18.3. The van der Waals surface area contributed by atoms with Crippen molar-refractivity contribution < 1.29 is 13.9 Å². The highest BCUT2D eigenvalue weighted by Crippen LogP contribution is 2.51. The van der Waals surface area contributed by atoms with Crippen LogP contribution in [0, 0.1) is 40.0 Å². The van der Waals surface area contributed by atoms with Gasteiger partial charge in [-0.25, -0.2) is 4.39 Å². The molecule has 0 radical (unpaired) electrons. The first-order valence-corrected chi connectivity index (χ1v) is 14.8. The lowest BCUT2D eigenvalue weighted by atomic mass is 9.68. The second-order valence-electron chi connectivity index (χ2n) is 11.5. The molecule has 0 amide bonds. The van der Waals surface area contributed by atoms with Gasteiger partial charge in [-0.2, -0.15) is 5.26 Å². The lowest BCUT2D eigenvalue weighted by Gasteiger charge is -2.44. The van der Waals surface area contributed by atoms with Gasteiger partial charge in [0.2, 0.25) is 0 Å². The Labute approximate surface area is 258 Å². The molecule has 1 aliphatic heterocycles. The van der Waals surface area contributed by atoms with Gasteiger partial charge < -0.3 is 10.5 Å². The van der Waals surface area contributed by atoms with Crippen LogP contribution in [0.5, 0.6) is 5.75 Å². The molecular weight excluding hydrogens is 652 g/mol. The average Bonchev–Trinajstić information content (AvgIpc) is 2.89. The number of nitriles is 1. The summed E-state index contributed by atoms with van der Waals surface area (Å²) in [4.78, 5) is 15.8. The molecule has 8 heteroatoms. The van der Waals surface area contributed by atoms with E-state index in [1.54, 1.807) is 0 Å². The van der Waals surface area contributed by atoms with E-state index in [1.165, 1.54) is 18.2 Å². The smallest absolute Gasteiger partial charge is 0.162 e. The summed E-state index contributed by atoms with van der Waals surface area (Å²) >= 11 is 8.44. The lowest BCUT2D eigenvalue weighted by Crippen LogP contribution is -2.42. The molecule has 2 N–H and O–H groups in total. The molecular formula is C33H30ClFIN3O2. The molecule has 0 spiro atoms. The number of Topliss-reactive ketones (excluding diaryl/α,β-unsaturated/α-hetero) is 1. The number of carbonyl (C=O) groups excluding carboxylic acids is 1. The second kappa shape index (κ2) is 11.1. The third kappa shape index (κ3) is 5.60. The van der Waals surface area contributed by atoms with E-state index in [0.717, 1.165) is 37.2 Å². The van der Waals surface area contributed by atoms with Crippen LogP contribution in [0.2, 0.25) is 5.02 Å². The number of ketones is 1. The highest BCUT2D eigenvalue weighted by atomic mass is 127. The van der Waals surface area contributed by atoms with Gasteiger partial charge in [-0.1, -0.05) is 43.1 Å². The van der Waals surface area contributed by atoms with Crippen LogP contribution in [0.25, 0.3) is 0 Å². The van der Waals surface area contributed by atoms with E-state index in [9.17, 15) is 14.4 Å².